The van der Waals surface area contributed by atoms with Crippen LogP contribution in [0.15, 0.2) is 85.1 Å². The van der Waals surface area contributed by atoms with Crippen LogP contribution >= 0.6 is 0 Å². The fourth-order valence-corrected chi connectivity index (χ4v) is 9.57. The lowest BCUT2D eigenvalue weighted by Crippen LogP contribution is -2.60. The van der Waals surface area contributed by atoms with Gasteiger partial charge < -0.3 is 40.3 Å². The predicted molar refractivity (Wildman–Crippen MR) is 318 cm³/mol. The lowest BCUT2D eigenvalue weighted by molar-refractivity contribution is -0.302. The molecule has 1 rings (SSSR count). The number of hydrogen-bond donors (Lipinski definition) is 6. The molecule has 6 N–H and O–H groups in total. The second-order valence-electron chi connectivity index (χ2n) is 21.5. The van der Waals surface area contributed by atoms with Crippen molar-refractivity contribution in [3.63, 3.8) is 0 Å². The molecule has 0 spiro atoms. The molecule has 1 aliphatic heterocycles. The van der Waals surface area contributed by atoms with Crippen molar-refractivity contribution in [1.29, 1.82) is 0 Å². The van der Waals surface area contributed by atoms with E-state index < -0.39 is 49.5 Å². The molecule has 0 saturated carbocycles. The second kappa shape index (κ2) is 54.7. The summed E-state index contributed by atoms with van der Waals surface area (Å²) >= 11 is 0. The Labute approximate surface area is 461 Å². The van der Waals surface area contributed by atoms with Crippen molar-refractivity contribution in [3.8, 4) is 0 Å². The molecular formula is C66H117NO8. The van der Waals surface area contributed by atoms with Crippen LogP contribution in [0.3, 0.4) is 0 Å². The van der Waals surface area contributed by atoms with E-state index in [9.17, 15) is 30.3 Å². The Morgan fingerprint density at radius 1 is 0.467 bits per heavy atom. The molecule has 0 aliphatic carbocycles. The number of unbranched alkanes of at least 4 members (excludes halogenated alkanes) is 31. The number of carbonyl (C=O) groups is 1. The van der Waals surface area contributed by atoms with Gasteiger partial charge in [-0.2, -0.15) is 0 Å². The Morgan fingerprint density at radius 3 is 1.23 bits per heavy atom. The van der Waals surface area contributed by atoms with E-state index in [0.29, 0.717) is 6.42 Å². The maximum Gasteiger partial charge on any atom is 0.220 e. The minimum absolute atomic E-state index is 0.176. The molecule has 434 valence electrons. The summed E-state index contributed by atoms with van der Waals surface area (Å²) < 4.78 is 11.2. The quantitative estimate of drug-likeness (QED) is 0.0261. The molecule has 0 aromatic carbocycles. The van der Waals surface area contributed by atoms with Crippen LogP contribution < -0.4 is 5.32 Å². The molecule has 7 unspecified atom stereocenters. The third-order valence-electron chi connectivity index (χ3n) is 14.5. The number of hydrogen-bond acceptors (Lipinski definition) is 8. The normalized spacial score (nSPS) is 19.5. The highest BCUT2D eigenvalue weighted by molar-refractivity contribution is 5.76. The van der Waals surface area contributed by atoms with Crippen LogP contribution in [0, 0.1) is 0 Å². The third-order valence-corrected chi connectivity index (χ3v) is 14.5. The summed E-state index contributed by atoms with van der Waals surface area (Å²) in [5, 5.41) is 54.4. The summed E-state index contributed by atoms with van der Waals surface area (Å²) in [7, 11) is 0. The van der Waals surface area contributed by atoms with Crippen molar-refractivity contribution < 1.29 is 39.8 Å². The van der Waals surface area contributed by atoms with E-state index in [1.54, 1.807) is 6.08 Å². The molecule has 0 aromatic heterocycles. The Morgan fingerprint density at radius 2 is 0.827 bits per heavy atom. The zero-order valence-electron chi connectivity index (χ0n) is 48.3. The van der Waals surface area contributed by atoms with Gasteiger partial charge in [0.05, 0.1) is 25.4 Å². The number of amides is 1. The van der Waals surface area contributed by atoms with Gasteiger partial charge in [-0.1, -0.05) is 279 Å². The highest BCUT2D eigenvalue weighted by atomic mass is 16.7. The lowest BCUT2D eigenvalue weighted by Gasteiger charge is -2.40. The SMILES string of the molecule is CC/C=C\C/C=C\C/C=C\C/C=C\C/C=C\C/C=C\CCCCCCCCCCCCCCCCCCCCCCCCC(=O)NC(COC1OC(CO)C(O)C(O)C1O)C(O)/C=C/CCCCCCCCCCC. The average Bonchev–Trinajstić information content (AvgIpc) is 3.41. The summed E-state index contributed by atoms with van der Waals surface area (Å²) in [4.78, 5) is 13.0. The summed E-state index contributed by atoms with van der Waals surface area (Å²) in [6.45, 7) is 3.65. The van der Waals surface area contributed by atoms with E-state index in [0.717, 1.165) is 77.0 Å². The van der Waals surface area contributed by atoms with Gasteiger partial charge in [-0.15, -0.1) is 0 Å². The van der Waals surface area contributed by atoms with Gasteiger partial charge in [0.2, 0.25) is 5.91 Å². The highest BCUT2D eigenvalue weighted by Crippen LogP contribution is 2.23. The first-order chi connectivity index (χ1) is 36.8. The maximum absolute atomic E-state index is 13.0. The van der Waals surface area contributed by atoms with Crippen LogP contribution in [0.4, 0.5) is 0 Å². The molecule has 1 heterocycles. The number of allylic oxidation sites excluding steroid dienone is 13. The second-order valence-corrected chi connectivity index (χ2v) is 21.5. The van der Waals surface area contributed by atoms with Crippen LogP contribution in [0.2, 0.25) is 0 Å². The Bertz CT molecular complexity index is 1450. The van der Waals surface area contributed by atoms with Crippen molar-refractivity contribution in [2.45, 2.75) is 314 Å². The number of rotatable bonds is 53. The number of ether oxygens (including phenoxy) is 2. The predicted octanol–water partition coefficient (Wildman–Crippen LogP) is 16.2. The van der Waals surface area contributed by atoms with Gasteiger partial charge in [0.15, 0.2) is 6.29 Å². The van der Waals surface area contributed by atoms with Gasteiger partial charge in [-0.3, -0.25) is 4.79 Å². The first kappa shape index (κ1) is 70.4. The fraction of sp³-hybridized carbons (Fsp3) is 0.773. The first-order valence-corrected chi connectivity index (χ1v) is 31.3. The van der Waals surface area contributed by atoms with Crippen molar-refractivity contribution >= 4 is 5.91 Å². The molecule has 1 fully saturated rings. The van der Waals surface area contributed by atoms with Crippen molar-refractivity contribution in [3.05, 3.63) is 85.1 Å². The van der Waals surface area contributed by atoms with Gasteiger partial charge in [-0.25, -0.2) is 0 Å². The molecule has 0 aromatic rings. The molecule has 0 radical (unpaired) electrons. The molecule has 9 nitrogen and oxygen atoms in total. The third kappa shape index (κ3) is 44.0. The molecular weight excluding hydrogens is 935 g/mol. The molecule has 75 heavy (non-hydrogen) atoms. The van der Waals surface area contributed by atoms with E-state index in [-0.39, 0.29) is 12.5 Å². The maximum atomic E-state index is 13.0. The minimum atomic E-state index is -1.57. The zero-order valence-corrected chi connectivity index (χ0v) is 48.3. The lowest BCUT2D eigenvalue weighted by atomic mass is 9.99. The molecule has 1 aliphatic rings. The number of aliphatic hydroxyl groups is 5. The van der Waals surface area contributed by atoms with Gasteiger partial charge >= 0.3 is 0 Å². The summed E-state index contributed by atoms with van der Waals surface area (Å²) in [5.74, 6) is -0.176. The van der Waals surface area contributed by atoms with Crippen molar-refractivity contribution in [2.75, 3.05) is 13.2 Å². The van der Waals surface area contributed by atoms with E-state index in [1.165, 1.54) is 173 Å². The number of carbonyl (C=O) groups excluding carboxylic acids is 1. The summed E-state index contributed by atoms with van der Waals surface area (Å²) in [5.41, 5.74) is 0. The number of nitrogens with one attached hydrogen (secondary N) is 1. The van der Waals surface area contributed by atoms with E-state index in [1.807, 2.05) is 6.08 Å². The molecule has 0 bridgehead atoms. The fourth-order valence-electron chi connectivity index (χ4n) is 9.57. The van der Waals surface area contributed by atoms with Gasteiger partial charge in [-0.05, 0) is 70.6 Å². The van der Waals surface area contributed by atoms with Crippen molar-refractivity contribution in [2.24, 2.45) is 0 Å². The first-order valence-electron chi connectivity index (χ1n) is 31.3. The van der Waals surface area contributed by atoms with Crippen LogP contribution in [-0.4, -0.2) is 87.5 Å². The monoisotopic (exact) mass is 1050 g/mol. The van der Waals surface area contributed by atoms with Crippen LogP contribution in [0.5, 0.6) is 0 Å². The topological polar surface area (TPSA) is 149 Å². The van der Waals surface area contributed by atoms with E-state index >= 15 is 0 Å². The average molecular weight is 1050 g/mol. The minimum Gasteiger partial charge on any atom is -0.394 e. The Kier molecular flexibility index (Phi) is 51.3. The standard InChI is InChI=1S/C66H117NO8/c1-3-5-7-9-11-13-15-16-17-18-19-20-21-22-23-24-25-26-27-28-29-30-31-32-33-34-35-36-37-38-39-40-41-42-43-44-46-48-50-52-54-56-62(70)67-59(58-74-66-65(73)64(72)63(71)61(57-68)75-66)60(69)55-53-51-49-47-45-14-12-10-8-6-4-2/h5,7,11,13,16-17,19-20,22-23,25-26,53,55,59-61,63-66,68-69,71-73H,3-4,6,8-10,12,14-15,18,21,24,27-52,54,56-58H2,1-2H3,(H,67,70)/b7-5-,13-11-,17-16-,20-19-,23-22-,26-25-,55-53+. The summed E-state index contributed by atoms with van der Waals surface area (Å²) in [6, 6.07) is -0.804. The Balaban J connectivity index is 2.02. The highest BCUT2D eigenvalue weighted by Gasteiger charge is 2.44. The largest absolute Gasteiger partial charge is 0.394 e. The summed E-state index contributed by atoms with van der Waals surface area (Å²) in [6.07, 6.45) is 71.2. The molecule has 9 heteroatoms. The zero-order chi connectivity index (χ0) is 54.3. The van der Waals surface area contributed by atoms with Crippen LogP contribution in [0.1, 0.15) is 271 Å². The van der Waals surface area contributed by atoms with Gasteiger partial charge in [0.25, 0.3) is 0 Å². The number of aliphatic hydroxyl groups excluding tert-OH is 5. The van der Waals surface area contributed by atoms with Gasteiger partial charge in [0.1, 0.15) is 24.4 Å². The van der Waals surface area contributed by atoms with Crippen LogP contribution in [0.25, 0.3) is 0 Å². The van der Waals surface area contributed by atoms with E-state index in [2.05, 4.69) is 92.1 Å². The Hall–Kier alpha value is -2.63. The smallest absolute Gasteiger partial charge is 0.220 e. The van der Waals surface area contributed by atoms with E-state index in [4.69, 9.17) is 9.47 Å². The molecule has 1 saturated heterocycles. The van der Waals surface area contributed by atoms with Crippen LogP contribution in [-0.2, 0) is 14.3 Å². The van der Waals surface area contributed by atoms with Crippen molar-refractivity contribution in [1.82, 2.24) is 5.32 Å². The molecule has 7 atom stereocenters. The molecule has 1 amide bonds. The van der Waals surface area contributed by atoms with Gasteiger partial charge in [0, 0.05) is 6.42 Å².